The van der Waals surface area contributed by atoms with E-state index in [2.05, 4.69) is 15.9 Å². The van der Waals surface area contributed by atoms with Gasteiger partial charge in [-0.2, -0.15) is 0 Å². The zero-order valence-corrected chi connectivity index (χ0v) is 13.2. The molecule has 0 aromatic heterocycles. The van der Waals surface area contributed by atoms with Crippen LogP contribution in [-0.2, 0) is 17.6 Å². The van der Waals surface area contributed by atoms with Crippen molar-refractivity contribution >= 4 is 27.5 Å². The van der Waals surface area contributed by atoms with Crippen molar-refractivity contribution in [1.82, 2.24) is 0 Å². The van der Waals surface area contributed by atoms with Crippen molar-refractivity contribution in [2.45, 2.75) is 25.8 Å². The van der Waals surface area contributed by atoms with Gasteiger partial charge in [-0.15, -0.1) is 0 Å². The monoisotopic (exact) mass is 347 g/mol. The molecule has 2 aromatic carbocycles. The molecule has 0 spiro atoms. The molecule has 21 heavy (non-hydrogen) atoms. The number of anilines is 1. The normalized spacial score (nSPS) is 16.9. The second kappa shape index (κ2) is 5.60. The largest absolute Gasteiger partial charge is 0.309 e. The Labute approximate surface area is 131 Å². The van der Waals surface area contributed by atoms with Crippen molar-refractivity contribution in [3.05, 3.63) is 63.9 Å². The molecule has 108 valence electrons. The van der Waals surface area contributed by atoms with Gasteiger partial charge in [0.25, 0.3) is 0 Å². The third kappa shape index (κ3) is 2.72. The molecule has 1 aliphatic rings. The van der Waals surface area contributed by atoms with Crippen molar-refractivity contribution < 1.29 is 9.18 Å². The Kier molecular flexibility index (Phi) is 3.81. The highest BCUT2D eigenvalue weighted by Gasteiger charge is 2.30. The Balaban J connectivity index is 1.87. The summed E-state index contributed by atoms with van der Waals surface area (Å²) in [5, 5.41) is 0. The first-order valence-electron chi connectivity index (χ1n) is 6.90. The number of fused-ring (bicyclic) bond motifs is 1. The average molecular weight is 348 g/mol. The molecule has 1 aliphatic heterocycles. The van der Waals surface area contributed by atoms with Gasteiger partial charge in [-0.1, -0.05) is 34.1 Å². The van der Waals surface area contributed by atoms with Crippen LogP contribution in [0.1, 0.15) is 18.1 Å². The summed E-state index contributed by atoms with van der Waals surface area (Å²) in [5.41, 5.74) is 2.55. The maximum absolute atomic E-state index is 13.8. The van der Waals surface area contributed by atoms with E-state index < -0.39 is 0 Å². The van der Waals surface area contributed by atoms with Crippen molar-refractivity contribution in [2.75, 3.05) is 4.90 Å². The van der Waals surface area contributed by atoms with Gasteiger partial charge in [0.1, 0.15) is 5.82 Å². The number of halogens is 2. The lowest BCUT2D eigenvalue weighted by molar-refractivity contribution is -0.118. The van der Waals surface area contributed by atoms with Crippen LogP contribution in [0, 0.1) is 5.82 Å². The number of benzene rings is 2. The van der Waals surface area contributed by atoms with Crippen molar-refractivity contribution in [1.29, 1.82) is 0 Å². The summed E-state index contributed by atoms with van der Waals surface area (Å²) in [6.07, 6.45) is 0.923. The fourth-order valence-corrected chi connectivity index (χ4v) is 3.28. The van der Waals surface area contributed by atoms with E-state index in [1.165, 1.54) is 11.6 Å². The smallest absolute Gasteiger partial charge is 0.231 e. The van der Waals surface area contributed by atoms with Crippen LogP contribution in [0.3, 0.4) is 0 Å². The van der Waals surface area contributed by atoms with E-state index in [-0.39, 0.29) is 24.2 Å². The van der Waals surface area contributed by atoms with Gasteiger partial charge in [-0.25, -0.2) is 4.39 Å². The summed E-state index contributed by atoms with van der Waals surface area (Å²) < 4.78 is 14.6. The summed E-state index contributed by atoms with van der Waals surface area (Å²) in [6, 6.07) is 12.7. The third-order valence-electron chi connectivity index (χ3n) is 3.83. The van der Waals surface area contributed by atoms with Crippen molar-refractivity contribution in [3.8, 4) is 0 Å². The first kappa shape index (κ1) is 14.3. The minimum atomic E-state index is -0.341. The molecule has 0 aliphatic carbocycles. The molecule has 2 aromatic rings. The van der Waals surface area contributed by atoms with Gasteiger partial charge in [0.2, 0.25) is 5.91 Å². The van der Waals surface area contributed by atoms with Crippen LogP contribution in [0.15, 0.2) is 46.9 Å². The van der Waals surface area contributed by atoms with E-state index in [4.69, 9.17) is 0 Å². The van der Waals surface area contributed by atoms with E-state index in [1.807, 2.05) is 31.2 Å². The van der Waals surface area contributed by atoms with Crippen LogP contribution in [0.25, 0.3) is 0 Å². The number of para-hydroxylation sites is 1. The molecule has 0 fully saturated rings. The summed E-state index contributed by atoms with van der Waals surface area (Å²) in [5.74, 6) is -0.406. The van der Waals surface area contributed by atoms with Crippen LogP contribution < -0.4 is 4.90 Å². The standard InChI is InChI=1S/C17H15BrFNO/c1-11-8-12-4-2-3-5-16(12)20(11)17(21)10-13-9-14(18)6-7-15(13)19/h2-7,9,11H,8,10H2,1H3. The van der Waals surface area contributed by atoms with Gasteiger partial charge >= 0.3 is 0 Å². The second-order valence-corrected chi connectivity index (χ2v) is 6.27. The maximum Gasteiger partial charge on any atom is 0.231 e. The molecule has 1 heterocycles. The van der Waals surface area contributed by atoms with Crippen LogP contribution in [0.2, 0.25) is 0 Å². The van der Waals surface area contributed by atoms with E-state index in [1.54, 1.807) is 17.0 Å². The predicted octanol–water partition coefficient (Wildman–Crippen LogP) is 4.11. The molecule has 3 rings (SSSR count). The summed E-state index contributed by atoms with van der Waals surface area (Å²) >= 11 is 3.32. The molecule has 4 heteroatoms. The zero-order valence-electron chi connectivity index (χ0n) is 11.6. The van der Waals surface area contributed by atoms with Gasteiger partial charge in [0.05, 0.1) is 6.42 Å². The zero-order chi connectivity index (χ0) is 15.0. The predicted molar refractivity (Wildman–Crippen MR) is 84.9 cm³/mol. The first-order valence-corrected chi connectivity index (χ1v) is 7.69. The maximum atomic E-state index is 13.8. The molecule has 0 N–H and O–H groups in total. The highest BCUT2D eigenvalue weighted by molar-refractivity contribution is 9.10. The van der Waals surface area contributed by atoms with Crippen LogP contribution in [-0.4, -0.2) is 11.9 Å². The summed E-state index contributed by atoms with van der Waals surface area (Å²) in [7, 11) is 0. The van der Waals surface area contributed by atoms with Crippen LogP contribution in [0.5, 0.6) is 0 Å². The van der Waals surface area contributed by atoms with Gasteiger partial charge < -0.3 is 4.90 Å². The summed E-state index contributed by atoms with van der Waals surface area (Å²) in [4.78, 5) is 14.4. The minimum absolute atomic E-state index is 0.0653. The summed E-state index contributed by atoms with van der Waals surface area (Å²) in [6.45, 7) is 2.02. The number of rotatable bonds is 2. The molecule has 0 saturated heterocycles. The van der Waals surface area contributed by atoms with E-state index >= 15 is 0 Å². The van der Waals surface area contributed by atoms with Gasteiger partial charge in [-0.3, -0.25) is 4.79 Å². The number of hydrogen-bond donors (Lipinski definition) is 0. The van der Waals surface area contributed by atoms with Gasteiger partial charge in [0.15, 0.2) is 0 Å². The number of carbonyl (C=O) groups is 1. The molecule has 0 radical (unpaired) electrons. The Bertz CT molecular complexity index is 701. The van der Waals surface area contributed by atoms with Gasteiger partial charge in [-0.05, 0) is 48.7 Å². The molecule has 2 nitrogen and oxygen atoms in total. The Morgan fingerprint density at radius 1 is 1.33 bits per heavy atom. The molecule has 1 unspecified atom stereocenters. The Hall–Kier alpha value is -1.68. The average Bonchev–Trinajstić information content (AvgIpc) is 2.78. The van der Waals surface area contributed by atoms with E-state index in [9.17, 15) is 9.18 Å². The SMILES string of the molecule is CC1Cc2ccccc2N1C(=O)Cc1cc(Br)ccc1F. The lowest BCUT2D eigenvalue weighted by Crippen LogP contribution is -2.37. The highest BCUT2D eigenvalue weighted by atomic mass is 79.9. The van der Waals surface area contributed by atoms with E-state index in [0.29, 0.717) is 5.56 Å². The molecule has 1 amide bonds. The van der Waals surface area contributed by atoms with E-state index in [0.717, 1.165) is 16.6 Å². The Morgan fingerprint density at radius 3 is 2.90 bits per heavy atom. The lowest BCUT2D eigenvalue weighted by atomic mass is 10.1. The number of hydrogen-bond acceptors (Lipinski definition) is 1. The number of amides is 1. The van der Waals surface area contributed by atoms with Gasteiger partial charge in [0, 0.05) is 16.2 Å². The topological polar surface area (TPSA) is 20.3 Å². The molecule has 0 bridgehead atoms. The fourth-order valence-electron chi connectivity index (χ4n) is 2.87. The molecule has 0 saturated carbocycles. The Morgan fingerprint density at radius 2 is 2.10 bits per heavy atom. The highest BCUT2D eigenvalue weighted by Crippen LogP contribution is 2.32. The van der Waals surface area contributed by atoms with Crippen molar-refractivity contribution in [2.24, 2.45) is 0 Å². The second-order valence-electron chi connectivity index (χ2n) is 5.36. The number of carbonyl (C=O) groups excluding carboxylic acids is 1. The van der Waals surface area contributed by atoms with Crippen LogP contribution in [0.4, 0.5) is 10.1 Å². The molecule has 1 atom stereocenters. The minimum Gasteiger partial charge on any atom is -0.309 e. The fraction of sp³-hybridized carbons (Fsp3) is 0.235. The lowest BCUT2D eigenvalue weighted by Gasteiger charge is -2.23. The third-order valence-corrected chi connectivity index (χ3v) is 4.32. The first-order chi connectivity index (χ1) is 10.1. The molecular weight excluding hydrogens is 333 g/mol. The quantitative estimate of drug-likeness (QED) is 0.800. The number of nitrogens with zero attached hydrogens (tertiary/aromatic N) is 1. The van der Waals surface area contributed by atoms with Crippen LogP contribution >= 0.6 is 15.9 Å². The van der Waals surface area contributed by atoms with Crippen molar-refractivity contribution in [3.63, 3.8) is 0 Å². The molecular formula is C17H15BrFNO.